The summed E-state index contributed by atoms with van der Waals surface area (Å²) in [6.07, 6.45) is 5.85. The Kier molecular flexibility index (Phi) is 4.77. The minimum Gasteiger partial charge on any atom is -0.327 e. The molecule has 21 heavy (non-hydrogen) atoms. The second-order valence-electron chi connectivity index (χ2n) is 6.12. The van der Waals surface area contributed by atoms with Crippen LogP contribution in [0.1, 0.15) is 41.9 Å². The fraction of sp³-hybridized carbons (Fsp3) is 0.368. The lowest BCUT2D eigenvalue weighted by molar-refractivity contribution is 0.466. The molecule has 0 aromatic heterocycles. The molecule has 0 bridgehead atoms. The minimum absolute atomic E-state index is 0.232. The van der Waals surface area contributed by atoms with Gasteiger partial charge < -0.3 is 5.73 Å². The zero-order valence-electron chi connectivity index (χ0n) is 12.3. The maximum Gasteiger partial charge on any atom is 0.0178 e. The van der Waals surface area contributed by atoms with Crippen LogP contribution in [0, 0.1) is 0 Å². The molecule has 2 heteroatoms. The van der Waals surface area contributed by atoms with Crippen molar-refractivity contribution >= 4 is 15.9 Å². The normalized spacial score (nSPS) is 19.0. The lowest BCUT2D eigenvalue weighted by atomic mass is 9.79. The predicted molar refractivity (Wildman–Crippen MR) is 92.6 cm³/mol. The zero-order valence-corrected chi connectivity index (χ0v) is 13.9. The van der Waals surface area contributed by atoms with Crippen LogP contribution in [0.3, 0.4) is 0 Å². The van der Waals surface area contributed by atoms with Gasteiger partial charge in [0.2, 0.25) is 0 Å². The molecule has 0 saturated heterocycles. The van der Waals surface area contributed by atoms with Gasteiger partial charge in [-0.1, -0.05) is 52.3 Å². The summed E-state index contributed by atoms with van der Waals surface area (Å²) in [6, 6.07) is 17.6. The molecule has 3 rings (SSSR count). The van der Waals surface area contributed by atoms with E-state index >= 15 is 0 Å². The van der Waals surface area contributed by atoms with Gasteiger partial charge in [0.05, 0.1) is 0 Å². The van der Waals surface area contributed by atoms with E-state index in [0.29, 0.717) is 5.92 Å². The number of rotatable bonds is 4. The molecule has 0 aliphatic heterocycles. The Morgan fingerprint density at radius 3 is 2.86 bits per heavy atom. The molecule has 2 atom stereocenters. The van der Waals surface area contributed by atoms with Crippen molar-refractivity contribution in [2.75, 3.05) is 0 Å². The molecule has 2 aromatic rings. The average molecular weight is 344 g/mol. The second kappa shape index (κ2) is 6.76. The molecule has 110 valence electrons. The fourth-order valence-electron chi connectivity index (χ4n) is 3.51. The van der Waals surface area contributed by atoms with Crippen molar-refractivity contribution in [2.45, 2.75) is 44.1 Å². The van der Waals surface area contributed by atoms with E-state index in [1.165, 1.54) is 36.0 Å². The number of hydrogen-bond acceptors (Lipinski definition) is 1. The van der Waals surface area contributed by atoms with E-state index in [9.17, 15) is 0 Å². The molecule has 2 N–H and O–H groups in total. The topological polar surface area (TPSA) is 26.0 Å². The molecule has 1 nitrogen and oxygen atoms in total. The van der Waals surface area contributed by atoms with Crippen molar-refractivity contribution in [3.05, 3.63) is 69.7 Å². The van der Waals surface area contributed by atoms with E-state index in [1.807, 2.05) is 0 Å². The molecular weight excluding hydrogens is 322 g/mol. The Labute approximate surface area is 135 Å². The molecule has 0 saturated carbocycles. The molecular formula is C19H22BrN. The van der Waals surface area contributed by atoms with Crippen LogP contribution in [0.5, 0.6) is 0 Å². The Hall–Kier alpha value is -1.12. The summed E-state index contributed by atoms with van der Waals surface area (Å²) in [5.74, 6) is 0.636. The molecule has 0 spiro atoms. The standard InChI is InChI=1S/C19H22BrN/c20-17-9-3-5-14(11-17)12-18(21)13-16-8-4-7-15-6-1-2-10-19(15)16/h1-3,5-6,9-11,16,18H,4,7-8,12-13,21H2. The maximum absolute atomic E-state index is 6.43. The summed E-state index contributed by atoms with van der Waals surface area (Å²) in [4.78, 5) is 0. The van der Waals surface area contributed by atoms with Gasteiger partial charge in [0.15, 0.2) is 0 Å². The predicted octanol–water partition coefficient (Wildman–Crippen LogP) is 4.83. The summed E-state index contributed by atoms with van der Waals surface area (Å²) in [6.45, 7) is 0. The van der Waals surface area contributed by atoms with Gasteiger partial charge in [-0.3, -0.25) is 0 Å². The monoisotopic (exact) mass is 343 g/mol. The quantitative estimate of drug-likeness (QED) is 0.845. The van der Waals surface area contributed by atoms with Crippen LogP contribution in [0.25, 0.3) is 0 Å². The van der Waals surface area contributed by atoms with E-state index in [4.69, 9.17) is 5.73 Å². The lowest BCUT2D eigenvalue weighted by Crippen LogP contribution is -2.26. The van der Waals surface area contributed by atoms with Gasteiger partial charge in [-0.25, -0.2) is 0 Å². The van der Waals surface area contributed by atoms with Gasteiger partial charge in [-0.15, -0.1) is 0 Å². The maximum atomic E-state index is 6.43. The number of aryl methyl sites for hydroxylation is 1. The molecule has 0 heterocycles. The van der Waals surface area contributed by atoms with Gasteiger partial charge in [-0.2, -0.15) is 0 Å². The van der Waals surface area contributed by atoms with Crippen LogP contribution in [-0.4, -0.2) is 6.04 Å². The highest BCUT2D eigenvalue weighted by molar-refractivity contribution is 9.10. The Morgan fingerprint density at radius 1 is 1.14 bits per heavy atom. The van der Waals surface area contributed by atoms with Gasteiger partial charge in [-0.05, 0) is 66.8 Å². The van der Waals surface area contributed by atoms with Crippen molar-refractivity contribution < 1.29 is 0 Å². The summed E-state index contributed by atoms with van der Waals surface area (Å²) in [5, 5.41) is 0. The highest BCUT2D eigenvalue weighted by atomic mass is 79.9. The summed E-state index contributed by atoms with van der Waals surface area (Å²) in [5.41, 5.74) is 10.8. The highest BCUT2D eigenvalue weighted by Crippen LogP contribution is 2.34. The van der Waals surface area contributed by atoms with E-state index in [0.717, 1.165) is 17.3 Å². The van der Waals surface area contributed by atoms with Crippen molar-refractivity contribution in [3.8, 4) is 0 Å². The van der Waals surface area contributed by atoms with Crippen LogP contribution in [-0.2, 0) is 12.8 Å². The summed E-state index contributed by atoms with van der Waals surface area (Å²) < 4.78 is 1.13. The molecule has 2 unspecified atom stereocenters. The first kappa shape index (κ1) is 14.8. The van der Waals surface area contributed by atoms with Crippen LogP contribution in [0.2, 0.25) is 0 Å². The molecule has 2 aromatic carbocycles. The Bertz CT molecular complexity index is 608. The van der Waals surface area contributed by atoms with Crippen molar-refractivity contribution in [1.82, 2.24) is 0 Å². The van der Waals surface area contributed by atoms with E-state index in [-0.39, 0.29) is 6.04 Å². The third kappa shape index (κ3) is 3.75. The molecule has 0 amide bonds. The molecule has 1 aliphatic carbocycles. The summed E-state index contributed by atoms with van der Waals surface area (Å²) >= 11 is 3.53. The van der Waals surface area contributed by atoms with Crippen molar-refractivity contribution in [2.24, 2.45) is 5.73 Å². The second-order valence-corrected chi connectivity index (χ2v) is 7.03. The summed E-state index contributed by atoms with van der Waals surface area (Å²) in [7, 11) is 0. The Morgan fingerprint density at radius 2 is 2.00 bits per heavy atom. The largest absolute Gasteiger partial charge is 0.327 e. The van der Waals surface area contributed by atoms with Crippen LogP contribution in [0.4, 0.5) is 0 Å². The Balaban J connectivity index is 1.67. The third-order valence-electron chi connectivity index (χ3n) is 4.47. The first-order valence-corrected chi connectivity index (χ1v) is 8.59. The van der Waals surface area contributed by atoms with Crippen LogP contribution in [0.15, 0.2) is 53.0 Å². The van der Waals surface area contributed by atoms with Crippen molar-refractivity contribution in [3.63, 3.8) is 0 Å². The zero-order chi connectivity index (χ0) is 14.7. The third-order valence-corrected chi connectivity index (χ3v) is 4.96. The first-order chi connectivity index (χ1) is 10.2. The van der Waals surface area contributed by atoms with Gasteiger partial charge >= 0.3 is 0 Å². The molecule has 0 radical (unpaired) electrons. The minimum atomic E-state index is 0.232. The SMILES string of the molecule is NC(Cc1cccc(Br)c1)CC1CCCc2ccccc21. The fourth-order valence-corrected chi connectivity index (χ4v) is 3.96. The molecule has 0 fully saturated rings. The number of halogens is 1. The lowest BCUT2D eigenvalue weighted by Gasteiger charge is -2.27. The molecule has 1 aliphatic rings. The van der Waals surface area contributed by atoms with Crippen LogP contribution < -0.4 is 5.73 Å². The van der Waals surface area contributed by atoms with E-state index < -0.39 is 0 Å². The van der Waals surface area contributed by atoms with Gasteiger partial charge in [0, 0.05) is 10.5 Å². The smallest absolute Gasteiger partial charge is 0.0178 e. The number of fused-ring (bicyclic) bond motifs is 1. The number of benzene rings is 2. The average Bonchev–Trinajstić information content (AvgIpc) is 2.47. The number of hydrogen-bond donors (Lipinski definition) is 1. The van der Waals surface area contributed by atoms with E-state index in [1.54, 1.807) is 0 Å². The number of nitrogens with two attached hydrogens (primary N) is 1. The van der Waals surface area contributed by atoms with Gasteiger partial charge in [0.25, 0.3) is 0 Å². The van der Waals surface area contributed by atoms with Crippen molar-refractivity contribution in [1.29, 1.82) is 0 Å². The van der Waals surface area contributed by atoms with Gasteiger partial charge in [0.1, 0.15) is 0 Å². The van der Waals surface area contributed by atoms with Crippen LogP contribution >= 0.6 is 15.9 Å². The highest BCUT2D eigenvalue weighted by Gasteiger charge is 2.21. The first-order valence-electron chi connectivity index (χ1n) is 7.80. The van der Waals surface area contributed by atoms with E-state index in [2.05, 4.69) is 64.5 Å².